The Morgan fingerprint density at radius 3 is 2.14 bits per heavy atom. The van der Waals surface area contributed by atoms with E-state index in [1.165, 1.54) is 0 Å². The van der Waals surface area contributed by atoms with Crippen molar-refractivity contribution in [1.29, 1.82) is 5.26 Å². The van der Waals surface area contributed by atoms with Crippen LogP contribution in [0.15, 0.2) is 24.3 Å². The molecule has 0 N–H and O–H groups in total. The van der Waals surface area contributed by atoms with Gasteiger partial charge in [0.25, 0.3) is 0 Å². The molecular weight excluding hydrogens is 222 g/mol. The Hall–Kier alpha value is -1.05. The molecule has 0 radical (unpaired) electrons. The summed E-state index contributed by atoms with van der Waals surface area (Å²) >= 11 is 0. The first-order valence-corrected chi connectivity index (χ1v) is 6.36. The Morgan fingerprint density at radius 2 is 1.71 bits per heavy atom. The van der Waals surface area contributed by atoms with Crippen LogP contribution >= 0.6 is 10.7 Å². The zero-order chi connectivity index (χ0) is 10.6. The largest absolute Gasteiger partial charge is 0.236 e. The quantitative estimate of drug-likeness (QED) is 0.743. The standard InChI is InChI=1S/C9H8ClNO2S/c10-14(12,13)7-9-3-1-8(2-4-9)5-6-11/h1-4H,5,7H2. The van der Waals surface area contributed by atoms with Crippen LogP contribution in [0.2, 0.25) is 0 Å². The monoisotopic (exact) mass is 229 g/mol. The number of nitriles is 1. The summed E-state index contributed by atoms with van der Waals surface area (Å²) in [6, 6.07) is 8.77. The molecule has 0 aliphatic rings. The normalized spacial score (nSPS) is 10.9. The fraction of sp³-hybridized carbons (Fsp3) is 0.222. The fourth-order valence-corrected chi connectivity index (χ4v) is 2.01. The molecule has 0 fully saturated rings. The molecule has 0 heterocycles. The zero-order valence-corrected chi connectivity index (χ0v) is 8.85. The van der Waals surface area contributed by atoms with E-state index in [-0.39, 0.29) is 5.75 Å². The average molecular weight is 230 g/mol. The van der Waals surface area contributed by atoms with Gasteiger partial charge in [0.2, 0.25) is 9.05 Å². The lowest BCUT2D eigenvalue weighted by molar-refractivity contribution is 0.609. The fourth-order valence-electron chi connectivity index (χ4n) is 1.04. The third-order valence-corrected chi connectivity index (χ3v) is 2.65. The van der Waals surface area contributed by atoms with E-state index in [4.69, 9.17) is 15.9 Å². The zero-order valence-electron chi connectivity index (χ0n) is 7.27. The highest BCUT2D eigenvalue weighted by Crippen LogP contribution is 2.11. The molecule has 74 valence electrons. The van der Waals surface area contributed by atoms with Crippen LogP contribution in [0.3, 0.4) is 0 Å². The van der Waals surface area contributed by atoms with Crippen LogP contribution in [-0.2, 0) is 21.2 Å². The molecule has 3 nitrogen and oxygen atoms in total. The Morgan fingerprint density at radius 1 is 1.21 bits per heavy atom. The average Bonchev–Trinajstić information content (AvgIpc) is 2.06. The predicted molar refractivity (Wildman–Crippen MR) is 54.2 cm³/mol. The smallest absolute Gasteiger partial charge is 0.212 e. The van der Waals surface area contributed by atoms with Gasteiger partial charge in [-0.1, -0.05) is 24.3 Å². The first-order chi connectivity index (χ1) is 6.51. The van der Waals surface area contributed by atoms with Gasteiger partial charge in [0.15, 0.2) is 0 Å². The van der Waals surface area contributed by atoms with Gasteiger partial charge in [-0.25, -0.2) is 8.42 Å². The Bertz CT molecular complexity index is 445. The Labute approximate surface area is 87.4 Å². The molecule has 0 aliphatic carbocycles. The van der Waals surface area contributed by atoms with Crippen LogP contribution in [0, 0.1) is 11.3 Å². The van der Waals surface area contributed by atoms with Crippen molar-refractivity contribution in [3.63, 3.8) is 0 Å². The SMILES string of the molecule is N#CCc1ccc(CS(=O)(=O)Cl)cc1. The summed E-state index contributed by atoms with van der Waals surface area (Å²) in [5, 5.41) is 8.41. The highest BCUT2D eigenvalue weighted by Gasteiger charge is 2.06. The molecule has 0 saturated heterocycles. The van der Waals surface area contributed by atoms with Crippen molar-refractivity contribution < 1.29 is 8.42 Å². The van der Waals surface area contributed by atoms with Crippen LogP contribution in [0.1, 0.15) is 11.1 Å². The summed E-state index contributed by atoms with van der Waals surface area (Å²) in [4.78, 5) is 0. The third kappa shape index (κ3) is 3.77. The van der Waals surface area contributed by atoms with Crippen molar-refractivity contribution >= 4 is 19.7 Å². The summed E-state index contributed by atoms with van der Waals surface area (Å²) in [7, 11) is 1.59. The van der Waals surface area contributed by atoms with Crippen LogP contribution in [0.25, 0.3) is 0 Å². The van der Waals surface area contributed by atoms with Crippen molar-refractivity contribution in [3.05, 3.63) is 35.4 Å². The number of rotatable bonds is 3. The molecule has 0 amide bonds. The molecule has 0 atom stereocenters. The topological polar surface area (TPSA) is 57.9 Å². The van der Waals surface area contributed by atoms with Gasteiger partial charge in [-0.05, 0) is 11.1 Å². The molecule has 14 heavy (non-hydrogen) atoms. The van der Waals surface area contributed by atoms with Gasteiger partial charge >= 0.3 is 0 Å². The minimum atomic E-state index is -3.50. The summed E-state index contributed by atoms with van der Waals surface area (Å²) in [6.45, 7) is 0. The molecule has 0 saturated carbocycles. The summed E-state index contributed by atoms with van der Waals surface area (Å²) < 4.78 is 21.4. The first kappa shape index (κ1) is 11.0. The van der Waals surface area contributed by atoms with Crippen molar-refractivity contribution in [1.82, 2.24) is 0 Å². The highest BCUT2D eigenvalue weighted by molar-refractivity contribution is 8.13. The molecule has 1 aromatic rings. The summed E-state index contributed by atoms with van der Waals surface area (Å²) in [6.07, 6.45) is 0.327. The van der Waals surface area contributed by atoms with Crippen molar-refractivity contribution in [2.75, 3.05) is 0 Å². The van der Waals surface area contributed by atoms with E-state index in [9.17, 15) is 8.42 Å². The molecule has 1 rings (SSSR count). The maximum absolute atomic E-state index is 10.7. The third-order valence-electron chi connectivity index (χ3n) is 1.65. The number of halogens is 1. The van der Waals surface area contributed by atoms with Crippen molar-refractivity contribution in [2.45, 2.75) is 12.2 Å². The van der Waals surface area contributed by atoms with Gasteiger partial charge in [0.05, 0.1) is 18.2 Å². The van der Waals surface area contributed by atoms with Crippen LogP contribution in [-0.4, -0.2) is 8.42 Å². The number of benzene rings is 1. The van der Waals surface area contributed by atoms with E-state index in [0.717, 1.165) is 5.56 Å². The first-order valence-electron chi connectivity index (χ1n) is 3.88. The van der Waals surface area contributed by atoms with E-state index in [1.54, 1.807) is 24.3 Å². The van der Waals surface area contributed by atoms with E-state index < -0.39 is 9.05 Å². The van der Waals surface area contributed by atoms with Gasteiger partial charge in [0, 0.05) is 10.7 Å². The van der Waals surface area contributed by atoms with Gasteiger partial charge < -0.3 is 0 Å². The van der Waals surface area contributed by atoms with Gasteiger partial charge in [-0.2, -0.15) is 5.26 Å². The predicted octanol–water partition coefficient (Wildman–Crippen LogP) is 1.82. The second-order valence-corrected chi connectivity index (χ2v) is 5.61. The minimum Gasteiger partial charge on any atom is -0.212 e. The summed E-state index contributed by atoms with van der Waals surface area (Å²) in [5.41, 5.74) is 1.49. The molecule has 0 bridgehead atoms. The van der Waals surface area contributed by atoms with Crippen LogP contribution in [0.4, 0.5) is 0 Å². The molecule has 0 unspecified atom stereocenters. The van der Waals surface area contributed by atoms with Gasteiger partial charge in [-0.3, -0.25) is 0 Å². The number of hydrogen-bond acceptors (Lipinski definition) is 3. The molecular formula is C9H8ClNO2S. The van der Waals surface area contributed by atoms with Crippen LogP contribution in [0.5, 0.6) is 0 Å². The van der Waals surface area contributed by atoms with E-state index in [0.29, 0.717) is 12.0 Å². The lowest BCUT2D eigenvalue weighted by atomic mass is 10.1. The highest BCUT2D eigenvalue weighted by atomic mass is 35.7. The number of hydrogen-bond donors (Lipinski definition) is 0. The lowest BCUT2D eigenvalue weighted by Crippen LogP contribution is -1.95. The number of nitrogens with zero attached hydrogens (tertiary/aromatic N) is 1. The Balaban J connectivity index is 2.80. The molecule has 0 aromatic heterocycles. The lowest BCUT2D eigenvalue weighted by Gasteiger charge is -1.98. The van der Waals surface area contributed by atoms with Gasteiger partial charge in [-0.15, -0.1) is 0 Å². The maximum atomic E-state index is 10.7. The van der Waals surface area contributed by atoms with E-state index in [1.807, 2.05) is 6.07 Å². The molecule has 0 aliphatic heterocycles. The summed E-state index contributed by atoms with van der Waals surface area (Å²) in [5.74, 6) is -0.179. The van der Waals surface area contributed by atoms with Crippen LogP contribution < -0.4 is 0 Å². The molecule has 5 heteroatoms. The second-order valence-electron chi connectivity index (χ2n) is 2.83. The minimum absolute atomic E-state index is 0.179. The Kier molecular flexibility index (Phi) is 3.50. The van der Waals surface area contributed by atoms with E-state index >= 15 is 0 Å². The second kappa shape index (κ2) is 4.45. The molecule has 1 aromatic carbocycles. The van der Waals surface area contributed by atoms with Crippen molar-refractivity contribution in [3.8, 4) is 6.07 Å². The van der Waals surface area contributed by atoms with Crippen molar-refractivity contribution in [2.24, 2.45) is 0 Å². The van der Waals surface area contributed by atoms with Gasteiger partial charge in [0.1, 0.15) is 0 Å². The maximum Gasteiger partial charge on any atom is 0.236 e. The molecule has 0 spiro atoms. The van der Waals surface area contributed by atoms with E-state index in [2.05, 4.69) is 0 Å².